The van der Waals surface area contributed by atoms with Crippen molar-refractivity contribution in [2.24, 2.45) is 35.5 Å². The molecule has 1 aliphatic carbocycles. The van der Waals surface area contributed by atoms with Gasteiger partial charge in [-0.3, -0.25) is 0 Å². The summed E-state index contributed by atoms with van der Waals surface area (Å²) in [7, 11) is 0. The first-order chi connectivity index (χ1) is 15.0. The Hall–Kier alpha value is -0.780. The molecule has 1 aliphatic rings. The highest BCUT2D eigenvalue weighted by Gasteiger charge is 2.29. The Balaban J connectivity index is 2.36. The van der Waals surface area contributed by atoms with Gasteiger partial charge < -0.3 is 6.92 Å². The van der Waals surface area contributed by atoms with E-state index in [1.54, 1.807) is 0 Å². The summed E-state index contributed by atoms with van der Waals surface area (Å²) in [4.78, 5) is 0. The number of unbranched alkanes of at least 4 members (excludes halogenated alkanes) is 2. The molecule has 1 saturated carbocycles. The molecule has 31 heavy (non-hydrogen) atoms. The minimum absolute atomic E-state index is 0.656. The summed E-state index contributed by atoms with van der Waals surface area (Å²) in [5, 5.41) is 0. The Morgan fingerprint density at radius 1 is 0.903 bits per heavy atom. The summed E-state index contributed by atoms with van der Waals surface area (Å²) in [6, 6.07) is 0. The average Bonchev–Trinajstić information content (AvgIpc) is 3.12. The van der Waals surface area contributed by atoms with Gasteiger partial charge in [0.2, 0.25) is 0 Å². The van der Waals surface area contributed by atoms with Gasteiger partial charge in [0, 0.05) is 0 Å². The smallest absolute Gasteiger partial charge is 0.0176 e. The first-order valence-corrected chi connectivity index (χ1v) is 13.8. The van der Waals surface area contributed by atoms with Crippen molar-refractivity contribution < 1.29 is 0 Å². The van der Waals surface area contributed by atoms with Crippen molar-refractivity contribution in [3.8, 4) is 0 Å². The average molecular weight is 428 g/mol. The lowest BCUT2D eigenvalue weighted by Crippen LogP contribution is -2.06. The molecule has 0 heteroatoms. The molecule has 0 aromatic carbocycles. The van der Waals surface area contributed by atoms with Crippen molar-refractivity contribution in [3.63, 3.8) is 0 Å². The van der Waals surface area contributed by atoms with Crippen LogP contribution in [-0.2, 0) is 0 Å². The van der Waals surface area contributed by atoms with Gasteiger partial charge in [0.25, 0.3) is 0 Å². The van der Waals surface area contributed by atoms with Crippen LogP contribution in [0.1, 0.15) is 118 Å². The molecular formula is C31H55-. The Labute approximate surface area is 197 Å². The topological polar surface area (TPSA) is 0 Å². The van der Waals surface area contributed by atoms with E-state index in [0.717, 1.165) is 36.5 Å². The fourth-order valence-corrected chi connectivity index (χ4v) is 5.60. The molecular weight excluding hydrogens is 372 g/mol. The van der Waals surface area contributed by atoms with Crippen LogP contribution in [0.15, 0.2) is 36.5 Å². The van der Waals surface area contributed by atoms with Crippen molar-refractivity contribution in [2.45, 2.75) is 118 Å². The quantitative estimate of drug-likeness (QED) is 0.123. The molecule has 0 aromatic rings. The molecule has 6 atom stereocenters. The van der Waals surface area contributed by atoms with E-state index in [2.05, 4.69) is 78.0 Å². The molecule has 0 spiro atoms. The van der Waals surface area contributed by atoms with Gasteiger partial charge in [-0.1, -0.05) is 103 Å². The Morgan fingerprint density at radius 2 is 1.68 bits per heavy atom. The molecule has 1 fully saturated rings. The van der Waals surface area contributed by atoms with E-state index in [1.807, 2.05) is 0 Å². The minimum Gasteiger partial charge on any atom is -0.343 e. The molecule has 0 heterocycles. The fraction of sp³-hybridized carbons (Fsp3) is 0.774. The molecule has 0 aliphatic heterocycles. The van der Waals surface area contributed by atoms with E-state index in [4.69, 9.17) is 0 Å². The predicted octanol–water partition coefficient (Wildman–Crippen LogP) is 10.4. The summed E-state index contributed by atoms with van der Waals surface area (Å²) >= 11 is 0. The summed E-state index contributed by atoms with van der Waals surface area (Å²) in [5.41, 5.74) is 0. The number of hydrogen-bond acceptors (Lipinski definition) is 0. The van der Waals surface area contributed by atoms with Crippen LogP contribution in [-0.4, -0.2) is 0 Å². The number of allylic oxidation sites excluding steroid dienone is 6. The zero-order valence-electron chi connectivity index (χ0n) is 21.8. The van der Waals surface area contributed by atoms with Crippen LogP contribution in [0.5, 0.6) is 0 Å². The lowest BCUT2D eigenvalue weighted by Gasteiger charge is -2.17. The largest absolute Gasteiger partial charge is 0.343 e. The second-order valence-corrected chi connectivity index (χ2v) is 10.4. The maximum Gasteiger partial charge on any atom is -0.0176 e. The van der Waals surface area contributed by atoms with Crippen LogP contribution in [0.25, 0.3) is 0 Å². The third-order valence-corrected chi connectivity index (χ3v) is 7.67. The Kier molecular flexibility index (Phi) is 16.2. The summed E-state index contributed by atoms with van der Waals surface area (Å²) in [6.45, 7) is 15.8. The predicted molar refractivity (Wildman–Crippen MR) is 142 cm³/mol. The Bertz CT molecular complexity index is 496. The highest BCUT2D eigenvalue weighted by molar-refractivity contribution is 5.00. The van der Waals surface area contributed by atoms with Crippen molar-refractivity contribution in [3.05, 3.63) is 43.4 Å². The monoisotopic (exact) mass is 427 g/mol. The van der Waals surface area contributed by atoms with E-state index >= 15 is 0 Å². The molecule has 0 saturated heterocycles. The standard InChI is InChI=1S/C31H55/c1-7-11-13-22-30-24-26(5)25-31(30)23-17-16-21-29(10-4)27(6)19-14-12-15-20-28(9-3)18-8-2/h13-14,16,19,21-22,26-31H,1,7-12,15,17-18,20,23-25H2,2-6H3/q-1/b19-14+,21-16+,22-13+. The van der Waals surface area contributed by atoms with Crippen molar-refractivity contribution in [2.75, 3.05) is 0 Å². The van der Waals surface area contributed by atoms with Gasteiger partial charge in [-0.05, 0) is 80.5 Å². The molecule has 0 nitrogen and oxygen atoms in total. The van der Waals surface area contributed by atoms with Crippen LogP contribution >= 0.6 is 0 Å². The first-order valence-electron chi connectivity index (χ1n) is 13.8. The molecule has 1 rings (SSSR count). The summed E-state index contributed by atoms with van der Waals surface area (Å²) in [6.07, 6.45) is 31.8. The van der Waals surface area contributed by atoms with Gasteiger partial charge in [0.15, 0.2) is 0 Å². The lowest BCUT2D eigenvalue weighted by atomic mass is 9.88. The second kappa shape index (κ2) is 17.7. The van der Waals surface area contributed by atoms with Crippen molar-refractivity contribution in [1.82, 2.24) is 0 Å². The van der Waals surface area contributed by atoms with Crippen molar-refractivity contribution in [1.29, 1.82) is 0 Å². The van der Waals surface area contributed by atoms with E-state index in [9.17, 15) is 0 Å². The lowest BCUT2D eigenvalue weighted by molar-refractivity contribution is 0.420. The highest BCUT2D eigenvalue weighted by Crippen LogP contribution is 2.40. The highest BCUT2D eigenvalue weighted by atomic mass is 14.3. The fourth-order valence-electron chi connectivity index (χ4n) is 5.60. The molecule has 0 bridgehead atoms. The zero-order chi connectivity index (χ0) is 22.9. The third kappa shape index (κ3) is 12.1. The number of rotatable bonds is 17. The SMILES string of the molecule is [CH2-]CC/C=C/C1CC(C)CC1CC/C=C/C(CC)C(C)/C=C/CCCC(CC)CCC. The first kappa shape index (κ1) is 28.3. The Morgan fingerprint density at radius 3 is 2.35 bits per heavy atom. The third-order valence-electron chi connectivity index (χ3n) is 7.67. The maximum atomic E-state index is 3.96. The second-order valence-electron chi connectivity index (χ2n) is 10.4. The summed E-state index contributed by atoms with van der Waals surface area (Å²) < 4.78 is 0. The molecule has 180 valence electrons. The maximum absolute atomic E-state index is 3.96. The molecule has 0 radical (unpaired) electrons. The molecule has 0 amide bonds. The van der Waals surface area contributed by atoms with Gasteiger partial charge in [-0.2, -0.15) is 6.42 Å². The van der Waals surface area contributed by atoms with Gasteiger partial charge in [0.1, 0.15) is 0 Å². The normalized spacial score (nSPS) is 25.2. The van der Waals surface area contributed by atoms with Crippen LogP contribution < -0.4 is 0 Å². The number of hydrogen-bond donors (Lipinski definition) is 0. The van der Waals surface area contributed by atoms with Crippen LogP contribution in [0.3, 0.4) is 0 Å². The minimum atomic E-state index is 0.656. The van der Waals surface area contributed by atoms with Gasteiger partial charge >= 0.3 is 0 Å². The molecule has 0 aromatic heterocycles. The van der Waals surface area contributed by atoms with E-state index < -0.39 is 0 Å². The van der Waals surface area contributed by atoms with E-state index in [1.165, 1.54) is 70.6 Å². The van der Waals surface area contributed by atoms with Crippen LogP contribution in [0.4, 0.5) is 0 Å². The molecule has 0 N–H and O–H groups in total. The van der Waals surface area contributed by atoms with E-state index in [0.29, 0.717) is 11.8 Å². The van der Waals surface area contributed by atoms with Gasteiger partial charge in [-0.15, -0.1) is 0 Å². The van der Waals surface area contributed by atoms with Crippen LogP contribution in [0.2, 0.25) is 0 Å². The van der Waals surface area contributed by atoms with Crippen LogP contribution in [0, 0.1) is 42.4 Å². The van der Waals surface area contributed by atoms with Crippen molar-refractivity contribution >= 4 is 0 Å². The van der Waals surface area contributed by atoms with Gasteiger partial charge in [0.05, 0.1) is 0 Å². The zero-order valence-corrected chi connectivity index (χ0v) is 21.8. The summed E-state index contributed by atoms with van der Waals surface area (Å²) in [5.74, 6) is 4.88. The molecule has 6 unspecified atom stereocenters. The van der Waals surface area contributed by atoms with Gasteiger partial charge in [-0.25, -0.2) is 0 Å². The van der Waals surface area contributed by atoms with E-state index in [-0.39, 0.29) is 0 Å².